The van der Waals surface area contributed by atoms with Gasteiger partial charge in [-0.15, -0.1) is 11.3 Å². The Bertz CT molecular complexity index is 319. The molecule has 1 rings (SSSR count). The van der Waals surface area contributed by atoms with Crippen LogP contribution in [0.15, 0.2) is 15.9 Å². The van der Waals surface area contributed by atoms with Crippen LogP contribution >= 0.6 is 27.3 Å². The van der Waals surface area contributed by atoms with Gasteiger partial charge < -0.3 is 10.5 Å². The van der Waals surface area contributed by atoms with E-state index in [1.807, 2.05) is 11.4 Å². The molecule has 0 spiro atoms. The third kappa shape index (κ3) is 3.03. The van der Waals surface area contributed by atoms with E-state index in [-0.39, 0.29) is 17.6 Å². The minimum atomic E-state index is -0.0793. The van der Waals surface area contributed by atoms with Crippen LogP contribution in [0.25, 0.3) is 0 Å². The minimum Gasteiger partial charge on any atom is -0.379 e. The van der Waals surface area contributed by atoms with Gasteiger partial charge in [0.2, 0.25) is 0 Å². The average Bonchev–Trinajstić information content (AvgIpc) is 2.49. The fraction of sp³-hybridized carbons (Fsp3) is 0.636. The molecule has 0 aromatic carbocycles. The molecule has 1 aromatic heterocycles. The van der Waals surface area contributed by atoms with Gasteiger partial charge in [-0.25, -0.2) is 0 Å². The maximum Gasteiger partial charge on any atom is 0.0820 e. The molecule has 0 aliphatic rings. The van der Waals surface area contributed by atoms with Crippen molar-refractivity contribution in [2.24, 2.45) is 11.1 Å². The van der Waals surface area contributed by atoms with Crippen LogP contribution in [0.5, 0.6) is 0 Å². The van der Waals surface area contributed by atoms with E-state index >= 15 is 0 Å². The number of thiophene rings is 1. The molecule has 15 heavy (non-hydrogen) atoms. The smallest absolute Gasteiger partial charge is 0.0820 e. The van der Waals surface area contributed by atoms with Crippen LogP contribution in [-0.4, -0.2) is 13.2 Å². The number of halogens is 1. The molecule has 1 aromatic rings. The van der Waals surface area contributed by atoms with Crippen molar-refractivity contribution in [1.29, 1.82) is 0 Å². The van der Waals surface area contributed by atoms with Crippen molar-refractivity contribution in [2.45, 2.75) is 32.9 Å². The highest BCUT2D eigenvalue weighted by atomic mass is 79.9. The first kappa shape index (κ1) is 13.2. The van der Waals surface area contributed by atoms with Crippen molar-refractivity contribution in [3.63, 3.8) is 0 Å². The predicted octanol–water partition coefficient (Wildman–Crippen LogP) is 3.57. The maximum absolute atomic E-state index is 6.24. The third-order valence-corrected chi connectivity index (χ3v) is 4.35. The zero-order chi connectivity index (χ0) is 11.6. The fourth-order valence-electron chi connectivity index (χ4n) is 1.72. The summed E-state index contributed by atoms with van der Waals surface area (Å²) in [7, 11) is 1.72. The number of hydrogen-bond acceptors (Lipinski definition) is 3. The normalized spacial score (nSPS) is 16.4. The van der Waals surface area contributed by atoms with Gasteiger partial charge >= 0.3 is 0 Å². The van der Waals surface area contributed by atoms with Crippen molar-refractivity contribution >= 4 is 27.3 Å². The minimum absolute atomic E-state index is 0.0208. The van der Waals surface area contributed by atoms with Gasteiger partial charge in [-0.3, -0.25) is 0 Å². The van der Waals surface area contributed by atoms with Crippen LogP contribution < -0.4 is 5.73 Å². The first-order valence-electron chi connectivity index (χ1n) is 4.89. The topological polar surface area (TPSA) is 35.2 Å². The Balaban J connectivity index is 2.92. The van der Waals surface area contributed by atoms with Crippen LogP contribution in [0.1, 0.15) is 31.7 Å². The van der Waals surface area contributed by atoms with Crippen molar-refractivity contribution < 1.29 is 4.74 Å². The lowest BCUT2D eigenvalue weighted by Crippen LogP contribution is -2.38. The van der Waals surface area contributed by atoms with Gasteiger partial charge in [0.15, 0.2) is 0 Å². The van der Waals surface area contributed by atoms with Gasteiger partial charge in [0.05, 0.1) is 12.1 Å². The van der Waals surface area contributed by atoms with Crippen LogP contribution in [-0.2, 0) is 4.74 Å². The van der Waals surface area contributed by atoms with Crippen molar-refractivity contribution in [3.8, 4) is 0 Å². The molecular formula is C11H18BrNOS. The van der Waals surface area contributed by atoms with Gasteiger partial charge in [0.1, 0.15) is 0 Å². The molecule has 2 N–H and O–H groups in total. The molecular weight excluding hydrogens is 274 g/mol. The van der Waals surface area contributed by atoms with E-state index in [1.165, 1.54) is 0 Å². The average molecular weight is 292 g/mol. The second kappa shape index (κ2) is 4.95. The Labute approximate surface area is 104 Å². The summed E-state index contributed by atoms with van der Waals surface area (Å²) < 4.78 is 6.59. The molecule has 0 saturated heterocycles. The lowest BCUT2D eigenvalue weighted by Gasteiger charge is -2.33. The molecule has 0 amide bonds. The summed E-state index contributed by atoms with van der Waals surface area (Å²) in [4.78, 5) is 1.15. The second-order valence-electron chi connectivity index (χ2n) is 4.68. The SMILES string of the molecule is COC(C(N)c1sccc1Br)C(C)(C)C. The monoisotopic (exact) mass is 291 g/mol. The van der Waals surface area contributed by atoms with E-state index in [4.69, 9.17) is 10.5 Å². The molecule has 0 saturated carbocycles. The number of ether oxygens (including phenoxy) is 1. The van der Waals surface area contributed by atoms with Crippen LogP contribution in [0.2, 0.25) is 0 Å². The van der Waals surface area contributed by atoms with Crippen LogP contribution in [0, 0.1) is 5.41 Å². The van der Waals surface area contributed by atoms with Crippen molar-refractivity contribution in [2.75, 3.05) is 7.11 Å². The molecule has 4 heteroatoms. The number of nitrogens with two attached hydrogens (primary N) is 1. The number of methoxy groups -OCH3 is 1. The summed E-state index contributed by atoms with van der Waals surface area (Å²) in [6.07, 6.45) is 0.0208. The van der Waals surface area contributed by atoms with E-state index in [1.54, 1.807) is 18.4 Å². The molecule has 86 valence electrons. The lowest BCUT2D eigenvalue weighted by molar-refractivity contribution is -0.00179. The summed E-state index contributed by atoms with van der Waals surface area (Å²) in [6.45, 7) is 6.42. The van der Waals surface area contributed by atoms with Crippen LogP contribution in [0.3, 0.4) is 0 Å². The molecule has 0 aliphatic carbocycles. The standard InChI is InChI=1S/C11H18BrNOS/c1-11(2,3)10(14-4)8(13)9-7(12)5-6-15-9/h5-6,8,10H,13H2,1-4H3. The van der Waals surface area contributed by atoms with Gasteiger partial charge in [-0.05, 0) is 32.8 Å². The molecule has 2 atom stereocenters. The molecule has 0 bridgehead atoms. The van der Waals surface area contributed by atoms with E-state index < -0.39 is 0 Å². The lowest BCUT2D eigenvalue weighted by atomic mass is 9.84. The van der Waals surface area contributed by atoms with E-state index in [9.17, 15) is 0 Å². The quantitative estimate of drug-likeness (QED) is 0.924. The van der Waals surface area contributed by atoms with Gasteiger partial charge in [-0.2, -0.15) is 0 Å². The number of hydrogen-bond donors (Lipinski definition) is 1. The summed E-state index contributed by atoms with van der Waals surface area (Å²) in [5, 5.41) is 2.04. The zero-order valence-corrected chi connectivity index (χ0v) is 12.0. The fourth-order valence-corrected chi connectivity index (χ4v) is 3.38. The second-order valence-corrected chi connectivity index (χ2v) is 6.48. The first-order chi connectivity index (χ1) is 6.88. The highest BCUT2D eigenvalue weighted by molar-refractivity contribution is 9.10. The van der Waals surface area contributed by atoms with E-state index in [0.717, 1.165) is 9.35 Å². The Hall–Kier alpha value is 0.100. The van der Waals surface area contributed by atoms with E-state index in [0.29, 0.717) is 0 Å². The summed E-state index contributed by atoms with van der Waals surface area (Å²) >= 11 is 5.17. The molecule has 0 radical (unpaired) electrons. The molecule has 2 nitrogen and oxygen atoms in total. The Morgan fingerprint density at radius 3 is 2.40 bits per heavy atom. The van der Waals surface area contributed by atoms with Crippen molar-refractivity contribution in [3.05, 3.63) is 20.8 Å². The summed E-state index contributed by atoms with van der Waals surface area (Å²) in [6, 6.07) is 1.94. The van der Waals surface area contributed by atoms with Crippen LogP contribution in [0.4, 0.5) is 0 Å². The Kier molecular flexibility index (Phi) is 4.35. The zero-order valence-electron chi connectivity index (χ0n) is 9.58. The Morgan fingerprint density at radius 1 is 1.47 bits per heavy atom. The number of rotatable bonds is 3. The first-order valence-corrected chi connectivity index (χ1v) is 6.56. The molecule has 2 unspecified atom stereocenters. The van der Waals surface area contributed by atoms with Gasteiger partial charge in [-0.1, -0.05) is 20.8 Å². The summed E-state index contributed by atoms with van der Waals surface area (Å²) in [5.74, 6) is 0. The largest absolute Gasteiger partial charge is 0.379 e. The van der Waals surface area contributed by atoms with Gasteiger partial charge in [0, 0.05) is 16.5 Å². The predicted molar refractivity (Wildman–Crippen MR) is 69.2 cm³/mol. The summed E-state index contributed by atoms with van der Waals surface area (Å²) in [5.41, 5.74) is 6.28. The highest BCUT2D eigenvalue weighted by Crippen LogP contribution is 2.36. The van der Waals surface area contributed by atoms with Crippen molar-refractivity contribution in [1.82, 2.24) is 0 Å². The highest BCUT2D eigenvalue weighted by Gasteiger charge is 2.32. The molecule has 0 fully saturated rings. The Morgan fingerprint density at radius 2 is 2.07 bits per heavy atom. The van der Waals surface area contributed by atoms with Gasteiger partial charge in [0.25, 0.3) is 0 Å². The third-order valence-electron chi connectivity index (χ3n) is 2.38. The maximum atomic E-state index is 6.24. The molecule has 0 aliphatic heterocycles. The van der Waals surface area contributed by atoms with E-state index in [2.05, 4.69) is 36.7 Å². The molecule has 1 heterocycles.